The monoisotopic (exact) mass is 278 g/mol. The van der Waals surface area contributed by atoms with Crippen LogP contribution in [0.2, 0.25) is 0 Å². The van der Waals surface area contributed by atoms with Crippen molar-refractivity contribution in [2.45, 2.75) is 6.04 Å². The minimum absolute atomic E-state index is 0.0335. The van der Waals surface area contributed by atoms with Crippen LogP contribution in [0.15, 0.2) is 60.8 Å². The molecule has 0 aliphatic heterocycles. The number of nitrogens with one attached hydrogen (secondary N) is 1. The van der Waals surface area contributed by atoms with Gasteiger partial charge >= 0.3 is 0 Å². The molecule has 0 spiro atoms. The highest BCUT2D eigenvalue weighted by Gasteiger charge is 2.16. The number of aromatic nitrogens is 1. The Kier molecular flexibility index (Phi) is 3.84. The van der Waals surface area contributed by atoms with Gasteiger partial charge in [0.05, 0.1) is 18.8 Å². The highest BCUT2D eigenvalue weighted by atomic mass is 16.5. The summed E-state index contributed by atoms with van der Waals surface area (Å²) in [6, 6.07) is 18.5. The fourth-order valence-corrected chi connectivity index (χ4v) is 2.66. The van der Waals surface area contributed by atoms with Gasteiger partial charge in [0.25, 0.3) is 0 Å². The predicted molar refractivity (Wildman–Crippen MR) is 85.6 cm³/mol. The highest BCUT2D eigenvalue weighted by molar-refractivity contribution is 5.85. The van der Waals surface area contributed by atoms with Crippen LogP contribution in [0, 0.1) is 0 Å². The molecule has 0 amide bonds. The smallest absolute Gasteiger partial charge is 0.119 e. The van der Waals surface area contributed by atoms with Gasteiger partial charge in [-0.05, 0) is 36.2 Å². The molecule has 21 heavy (non-hydrogen) atoms. The number of hydrogen-bond acceptors (Lipinski definition) is 3. The van der Waals surface area contributed by atoms with Crippen molar-refractivity contribution in [1.82, 2.24) is 10.3 Å². The van der Waals surface area contributed by atoms with E-state index in [2.05, 4.69) is 28.5 Å². The number of hydrogen-bond donors (Lipinski definition) is 1. The topological polar surface area (TPSA) is 34.1 Å². The van der Waals surface area contributed by atoms with Crippen molar-refractivity contribution in [1.29, 1.82) is 0 Å². The lowest BCUT2D eigenvalue weighted by Crippen LogP contribution is -2.19. The molecule has 1 N–H and O–H groups in total. The molecule has 0 saturated carbocycles. The van der Waals surface area contributed by atoms with E-state index in [9.17, 15) is 0 Å². The molecule has 0 aliphatic rings. The summed E-state index contributed by atoms with van der Waals surface area (Å²) >= 11 is 0. The average Bonchev–Trinajstić information content (AvgIpc) is 2.56. The van der Waals surface area contributed by atoms with E-state index < -0.39 is 0 Å². The van der Waals surface area contributed by atoms with Gasteiger partial charge in [0.1, 0.15) is 5.75 Å². The number of pyridine rings is 1. The van der Waals surface area contributed by atoms with Gasteiger partial charge in [0.2, 0.25) is 0 Å². The molecular formula is C18H18N2O. The first-order chi connectivity index (χ1) is 10.3. The predicted octanol–water partition coefficient (Wildman–Crippen LogP) is 3.55. The van der Waals surface area contributed by atoms with E-state index in [1.807, 2.05) is 49.6 Å². The second-order valence-electron chi connectivity index (χ2n) is 4.92. The molecular weight excluding hydrogens is 260 g/mol. The van der Waals surface area contributed by atoms with Crippen molar-refractivity contribution in [2.24, 2.45) is 0 Å². The van der Waals surface area contributed by atoms with Crippen LogP contribution in [0.25, 0.3) is 10.8 Å². The van der Waals surface area contributed by atoms with Crippen LogP contribution in [0.5, 0.6) is 5.75 Å². The van der Waals surface area contributed by atoms with Gasteiger partial charge < -0.3 is 10.1 Å². The molecule has 1 unspecified atom stereocenters. The molecule has 0 bridgehead atoms. The largest absolute Gasteiger partial charge is 0.497 e. The van der Waals surface area contributed by atoms with Crippen molar-refractivity contribution in [2.75, 3.05) is 14.2 Å². The molecule has 0 aliphatic carbocycles. The lowest BCUT2D eigenvalue weighted by Gasteiger charge is -2.18. The van der Waals surface area contributed by atoms with Crippen LogP contribution < -0.4 is 10.1 Å². The highest BCUT2D eigenvalue weighted by Crippen LogP contribution is 2.28. The maximum atomic E-state index is 5.32. The molecule has 3 heteroatoms. The Morgan fingerprint density at radius 1 is 1.05 bits per heavy atom. The summed E-state index contributed by atoms with van der Waals surface area (Å²) in [5.41, 5.74) is 2.17. The van der Waals surface area contributed by atoms with E-state index >= 15 is 0 Å². The van der Waals surface area contributed by atoms with Crippen LogP contribution in [0.1, 0.15) is 17.3 Å². The molecule has 1 heterocycles. The van der Waals surface area contributed by atoms with Crippen molar-refractivity contribution < 1.29 is 4.74 Å². The van der Waals surface area contributed by atoms with E-state index in [0.29, 0.717) is 0 Å². The Balaban J connectivity index is 2.13. The fourth-order valence-electron chi connectivity index (χ4n) is 2.66. The summed E-state index contributed by atoms with van der Waals surface area (Å²) in [4.78, 5) is 4.61. The van der Waals surface area contributed by atoms with Crippen molar-refractivity contribution in [3.8, 4) is 5.75 Å². The Morgan fingerprint density at radius 2 is 1.90 bits per heavy atom. The second kappa shape index (κ2) is 5.94. The molecule has 3 rings (SSSR count). The first-order valence-electron chi connectivity index (χ1n) is 6.98. The van der Waals surface area contributed by atoms with Crippen molar-refractivity contribution in [3.05, 3.63) is 72.1 Å². The third kappa shape index (κ3) is 2.60. The zero-order chi connectivity index (χ0) is 14.7. The summed E-state index contributed by atoms with van der Waals surface area (Å²) in [5, 5.41) is 5.73. The van der Waals surface area contributed by atoms with E-state index in [0.717, 1.165) is 17.0 Å². The van der Waals surface area contributed by atoms with Gasteiger partial charge in [0.15, 0.2) is 0 Å². The van der Waals surface area contributed by atoms with E-state index in [1.165, 1.54) is 10.8 Å². The summed E-state index contributed by atoms with van der Waals surface area (Å²) in [7, 11) is 3.64. The number of fused-ring (bicyclic) bond motifs is 1. The quantitative estimate of drug-likeness (QED) is 0.792. The molecule has 2 aromatic carbocycles. The maximum Gasteiger partial charge on any atom is 0.119 e. The third-order valence-corrected chi connectivity index (χ3v) is 3.69. The summed E-state index contributed by atoms with van der Waals surface area (Å²) in [6.45, 7) is 0. The molecule has 3 aromatic rings. The van der Waals surface area contributed by atoms with Gasteiger partial charge in [-0.15, -0.1) is 0 Å². The van der Waals surface area contributed by atoms with Gasteiger partial charge in [-0.25, -0.2) is 0 Å². The lowest BCUT2D eigenvalue weighted by atomic mass is 9.98. The molecule has 106 valence electrons. The first-order valence-corrected chi connectivity index (χ1v) is 6.98. The molecule has 0 radical (unpaired) electrons. The molecule has 0 saturated heterocycles. The number of nitrogens with zero attached hydrogens (tertiary/aromatic N) is 1. The summed E-state index contributed by atoms with van der Waals surface area (Å²) in [6.07, 6.45) is 1.86. The Labute approximate surface area is 124 Å². The fraction of sp³-hybridized carbons (Fsp3) is 0.167. The molecule has 0 fully saturated rings. The minimum Gasteiger partial charge on any atom is -0.497 e. The normalized spacial score (nSPS) is 12.3. The molecule has 1 atom stereocenters. The third-order valence-electron chi connectivity index (χ3n) is 3.69. The Bertz CT molecular complexity index is 750. The Hall–Kier alpha value is -2.39. The Morgan fingerprint density at radius 3 is 2.71 bits per heavy atom. The van der Waals surface area contributed by atoms with Crippen LogP contribution >= 0.6 is 0 Å². The molecule has 1 aromatic heterocycles. The zero-order valence-corrected chi connectivity index (χ0v) is 12.2. The average molecular weight is 278 g/mol. The summed E-state index contributed by atoms with van der Waals surface area (Å²) < 4.78 is 5.32. The SMILES string of the molecule is CNC(c1cccc(OC)c1)c1nccc2ccccc12. The summed E-state index contributed by atoms with van der Waals surface area (Å²) in [5.74, 6) is 0.855. The van der Waals surface area contributed by atoms with E-state index in [4.69, 9.17) is 4.74 Å². The number of ether oxygens (including phenoxy) is 1. The van der Waals surface area contributed by atoms with Crippen LogP contribution in [0.3, 0.4) is 0 Å². The standard InChI is InChI=1S/C18H18N2O/c1-19-17(14-7-5-8-15(12-14)21-2)18-16-9-4-3-6-13(16)10-11-20-18/h3-12,17,19H,1-2H3. The first kappa shape index (κ1) is 13.6. The zero-order valence-electron chi connectivity index (χ0n) is 12.2. The van der Waals surface area contributed by atoms with Gasteiger partial charge in [-0.2, -0.15) is 0 Å². The lowest BCUT2D eigenvalue weighted by molar-refractivity contribution is 0.413. The second-order valence-corrected chi connectivity index (χ2v) is 4.92. The maximum absolute atomic E-state index is 5.32. The van der Waals surface area contributed by atoms with E-state index in [1.54, 1.807) is 7.11 Å². The van der Waals surface area contributed by atoms with Crippen molar-refractivity contribution in [3.63, 3.8) is 0 Å². The van der Waals surface area contributed by atoms with Crippen LogP contribution in [0.4, 0.5) is 0 Å². The number of benzene rings is 2. The van der Waals surface area contributed by atoms with Crippen LogP contribution in [-0.2, 0) is 0 Å². The number of rotatable bonds is 4. The van der Waals surface area contributed by atoms with E-state index in [-0.39, 0.29) is 6.04 Å². The van der Waals surface area contributed by atoms with Crippen LogP contribution in [-0.4, -0.2) is 19.1 Å². The van der Waals surface area contributed by atoms with Crippen molar-refractivity contribution >= 4 is 10.8 Å². The number of methoxy groups -OCH3 is 1. The van der Waals surface area contributed by atoms with Gasteiger partial charge in [-0.3, -0.25) is 4.98 Å². The molecule has 3 nitrogen and oxygen atoms in total. The minimum atomic E-state index is 0.0335. The van der Waals surface area contributed by atoms with Gasteiger partial charge in [0, 0.05) is 11.6 Å². The van der Waals surface area contributed by atoms with Gasteiger partial charge in [-0.1, -0.05) is 36.4 Å².